The SMILES string of the molecule is CN/C=C(\C=[N-])C(=O)NCN1C[C@H](C)n2nc(-c3ccc(C#N)cc3NC(=O)C3CC3)cc2C1=O. The van der Waals surface area contributed by atoms with Crippen LogP contribution in [0, 0.1) is 17.2 Å². The van der Waals surface area contributed by atoms with E-state index in [0.29, 0.717) is 41.0 Å². The van der Waals surface area contributed by atoms with Gasteiger partial charge in [0.25, 0.3) is 11.8 Å². The lowest BCUT2D eigenvalue weighted by atomic mass is 10.1. The van der Waals surface area contributed by atoms with Gasteiger partial charge in [0, 0.05) is 36.8 Å². The van der Waals surface area contributed by atoms with Crippen LogP contribution in [0.25, 0.3) is 16.7 Å². The first-order chi connectivity index (χ1) is 16.9. The number of hydrogen-bond donors (Lipinski definition) is 3. The number of fused-ring (bicyclic) bond motifs is 1. The Morgan fingerprint density at radius 3 is 2.74 bits per heavy atom. The van der Waals surface area contributed by atoms with Crippen molar-refractivity contribution in [3.05, 3.63) is 52.7 Å². The van der Waals surface area contributed by atoms with Crippen molar-refractivity contribution < 1.29 is 14.4 Å². The highest BCUT2D eigenvalue weighted by molar-refractivity contribution is 6.13. The number of anilines is 1. The molecule has 1 fully saturated rings. The summed E-state index contributed by atoms with van der Waals surface area (Å²) in [6, 6.07) is 8.51. The molecule has 1 aliphatic heterocycles. The molecule has 0 bridgehead atoms. The van der Waals surface area contributed by atoms with Crippen LogP contribution in [0.5, 0.6) is 0 Å². The van der Waals surface area contributed by atoms with E-state index in [4.69, 9.17) is 0 Å². The van der Waals surface area contributed by atoms with Crippen molar-refractivity contribution in [2.45, 2.75) is 25.8 Å². The smallest absolute Gasteiger partial charge is 0.273 e. The highest BCUT2D eigenvalue weighted by Gasteiger charge is 2.33. The third-order valence-corrected chi connectivity index (χ3v) is 5.91. The number of rotatable bonds is 8. The molecule has 4 rings (SSSR count). The lowest BCUT2D eigenvalue weighted by Gasteiger charge is -2.31. The van der Waals surface area contributed by atoms with Crippen molar-refractivity contribution in [3.63, 3.8) is 0 Å². The number of amides is 3. The second-order valence-electron chi connectivity index (χ2n) is 8.55. The zero-order valence-electron chi connectivity index (χ0n) is 19.4. The van der Waals surface area contributed by atoms with Gasteiger partial charge in [-0.25, -0.2) is 0 Å². The molecule has 0 spiro atoms. The van der Waals surface area contributed by atoms with Gasteiger partial charge in [-0.05, 0) is 44.0 Å². The van der Waals surface area contributed by atoms with Crippen LogP contribution in [0.3, 0.4) is 0 Å². The van der Waals surface area contributed by atoms with Crippen molar-refractivity contribution in [1.82, 2.24) is 25.3 Å². The number of nitrogens with zero attached hydrogens (tertiary/aromatic N) is 5. The molecular weight excluding hydrogens is 448 g/mol. The van der Waals surface area contributed by atoms with Crippen molar-refractivity contribution in [2.24, 2.45) is 5.92 Å². The molecule has 1 saturated carbocycles. The monoisotopic (exact) mass is 473 g/mol. The quantitative estimate of drug-likeness (QED) is 0.391. The minimum atomic E-state index is -0.532. The summed E-state index contributed by atoms with van der Waals surface area (Å²) in [7, 11) is 1.60. The molecule has 3 amide bonds. The molecule has 35 heavy (non-hydrogen) atoms. The van der Waals surface area contributed by atoms with E-state index in [1.807, 2.05) is 6.92 Å². The Morgan fingerprint density at radius 1 is 1.31 bits per heavy atom. The number of aromatic nitrogens is 2. The maximum Gasteiger partial charge on any atom is 0.273 e. The van der Waals surface area contributed by atoms with Crippen LogP contribution < -0.4 is 16.0 Å². The van der Waals surface area contributed by atoms with Gasteiger partial charge in [-0.1, -0.05) is 0 Å². The van der Waals surface area contributed by atoms with Crippen LogP contribution in [-0.2, 0) is 9.59 Å². The van der Waals surface area contributed by atoms with E-state index >= 15 is 0 Å². The Balaban J connectivity index is 1.58. The third-order valence-electron chi connectivity index (χ3n) is 5.91. The minimum absolute atomic E-state index is 0.0129. The standard InChI is InChI=1S/C24H25N8O3/c1-14-12-31(13-28-22(33)17(10-26)11-27-2)24(35)21-8-20(30-32(14)21)18-6-3-15(9-25)7-19(18)29-23(34)16-4-5-16/h3,6-8,10-11,14,16,27H,4-5,12-13H2,1-2H3,(H,28,33)(H,29,34)/q-1/b17-11+/t14-/m0/s1. The van der Waals surface area contributed by atoms with Crippen molar-refractivity contribution in [1.29, 1.82) is 5.26 Å². The Bertz CT molecular complexity index is 1270. The number of carbonyl (C=O) groups is 3. The van der Waals surface area contributed by atoms with Crippen molar-refractivity contribution >= 4 is 29.6 Å². The number of benzene rings is 1. The highest BCUT2D eigenvalue weighted by atomic mass is 16.2. The van der Waals surface area contributed by atoms with Crippen molar-refractivity contribution in [3.8, 4) is 17.3 Å². The zero-order chi connectivity index (χ0) is 25.1. The van der Waals surface area contributed by atoms with Gasteiger partial charge in [0.2, 0.25) is 5.91 Å². The number of carbonyl (C=O) groups excluding carboxylic acids is 3. The molecule has 180 valence electrons. The molecule has 1 aromatic carbocycles. The second kappa shape index (κ2) is 9.80. The fourth-order valence-corrected chi connectivity index (χ4v) is 3.91. The Kier molecular flexibility index (Phi) is 6.64. The Labute approximate surface area is 202 Å². The zero-order valence-corrected chi connectivity index (χ0v) is 19.4. The fourth-order valence-electron chi connectivity index (χ4n) is 3.91. The molecule has 2 heterocycles. The van der Waals surface area contributed by atoms with Gasteiger partial charge in [-0.2, -0.15) is 16.6 Å². The summed E-state index contributed by atoms with van der Waals surface area (Å²) >= 11 is 0. The van der Waals surface area contributed by atoms with Crippen LogP contribution in [0.2, 0.25) is 0 Å². The van der Waals surface area contributed by atoms with Crippen LogP contribution in [0.15, 0.2) is 36.0 Å². The molecule has 1 aliphatic carbocycles. The van der Waals surface area contributed by atoms with Crippen LogP contribution in [0.4, 0.5) is 5.69 Å². The van der Waals surface area contributed by atoms with Crippen LogP contribution in [-0.4, -0.2) is 58.9 Å². The van der Waals surface area contributed by atoms with Gasteiger partial charge in [0.1, 0.15) is 5.69 Å². The van der Waals surface area contributed by atoms with E-state index in [1.54, 1.807) is 36.0 Å². The first-order valence-electron chi connectivity index (χ1n) is 11.2. The summed E-state index contributed by atoms with van der Waals surface area (Å²) in [6.45, 7) is 2.18. The van der Waals surface area contributed by atoms with Crippen molar-refractivity contribution in [2.75, 3.05) is 25.6 Å². The van der Waals surface area contributed by atoms with Gasteiger partial charge >= 0.3 is 0 Å². The molecule has 2 aliphatic rings. The molecule has 1 aromatic heterocycles. The molecule has 0 saturated heterocycles. The van der Waals surface area contributed by atoms with Gasteiger partial charge in [0.05, 0.1) is 35.7 Å². The van der Waals surface area contributed by atoms with Gasteiger partial charge < -0.3 is 26.3 Å². The lowest BCUT2D eigenvalue weighted by molar-refractivity contribution is -0.118. The first kappa shape index (κ1) is 23.7. The number of nitrogens with one attached hydrogen (secondary N) is 3. The number of hydrogen-bond acceptors (Lipinski definition) is 6. The summed E-state index contributed by atoms with van der Waals surface area (Å²) in [4.78, 5) is 39.3. The van der Waals surface area contributed by atoms with E-state index < -0.39 is 5.91 Å². The van der Waals surface area contributed by atoms with Crippen LogP contribution >= 0.6 is 0 Å². The van der Waals surface area contributed by atoms with E-state index in [-0.39, 0.29) is 36.0 Å². The summed E-state index contributed by atoms with van der Waals surface area (Å²) in [5, 5.41) is 31.3. The number of nitriles is 1. The third kappa shape index (κ3) is 4.91. The fraction of sp³-hybridized carbons (Fsp3) is 0.333. The van der Waals surface area contributed by atoms with E-state index in [1.165, 1.54) is 11.1 Å². The lowest BCUT2D eigenvalue weighted by Crippen LogP contribution is -2.48. The summed E-state index contributed by atoms with van der Waals surface area (Å²) in [6.07, 6.45) is 3.72. The molecule has 3 N–H and O–H groups in total. The topological polar surface area (TPSA) is 154 Å². The Hall–Kier alpha value is -4.46. The molecule has 0 radical (unpaired) electrons. The second-order valence-corrected chi connectivity index (χ2v) is 8.55. The first-order valence-corrected chi connectivity index (χ1v) is 11.2. The average Bonchev–Trinajstić information content (AvgIpc) is 3.61. The maximum atomic E-state index is 13.2. The molecule has 2 aromatic rings. The largest absolute Gasteiger partial charge is 0.810 e. The van der Waals surface area contributed by atoms with Gasteiger partial charge in [-0.15, -0.1) is 0 Å². The molecule has 0 unspecified atom stereocenters. The van der Waals surface area contributed by atoms with Crippen LogP contribution in [0.1, 0.15) is 41.9 Å². The van der Waals surface area contributed by atoms with E-state index in [2.05, 4.69) is 27.1 Å². The Morgan fingerprint density at radius 2 is 2.09 bits per heavy atom. The maximum absolute atomic E-state index is 13.2. The summed E-state index contributed by atoms with van der Waals surface area (Å²) < 4.78 is 1.63. The molecule has 1 atom stereocenters. The van der Waals surface area contributed by atoms with Gasteiger partial charge in [-0.3, -0.25) is 19.1 Å². The summed E-state index contributed by atoms with van der Waals surface area (Å²) in [5.74, 6) is -0.952. The van der Waals surface area contributed by atoms with E-state index in [9.17, 15) is 25.1 Å². The predicted molar refractivity (Wildman–Crippen MR) is 129 cm³/mol. The average molecular weight is 474 g/mol. The molecule has 11 nitrogen and oxygen atoms in total. The normalized spacial score (nSPS) is 17.3. The predicted octanol–water partition coefficient (Wildman–Crippen LogP) is 1.60. The minimum Gasteiger partial charge on any atom is -0.810 e. The molecule has 11 heteroatoms. The highest BCUT2D eigenvalue weighted by Crippen LogP contribution is 2.34. The van der Waals surface area contributed by atoms with E-state index in [0.717, 1.165) is 12.8 Å². The summed E-state index contributed by atoms with van der Waals surface area (Å²) in [5.41, 5.74) is 2.36. The van der Waals surface area contributed by atoms with Gasteiger partial charge in [0.15, 0.2) is 0 Å². The molecular formula is C24H25N8O3-.